The highest BCUT2D eigenvalue weighted by molar-refractivity contribution is 9.10. The highest BCUT2D eigenvalue weighted by Crippen LogP contribution is 2.49. The van der Waals surface area contributed by atoms with Crippen molar-refractivity contribution in [3.63, 3.8) is 0 Å². The van der Waals surface area contributed by atoms with Crippen molar-refractivity contribution in [2.45, 2.75) is 44.6 Å². The maximum Gasteiger partial charge on any atom is 0.318 e. The monoisotopic (exact) mass is 297 g/mol. The summed E-state index contributed by atoms with van der Waals surface area (Å²) in [6, 6.07) is 3.76. The summed E-state index contributed by atoms with van der Waals surface area (Å²) in [4.78, 5) is 16.5. The Labute approximate surface area is 110 Å². The van der Waals surface area contributed by atoms with E-state index in [-0.39, 0.29) is 5.97 Å². The lowest BCUT2D eigenvalue weighted by atomic mass is 10.0. The lowest BCUT2D eigenvalue weighted by molar-refractivity contribution is -0.158. The highest BCUT2D eigenvalue weighted by Gasteiger charge is 2.55. The van der Waals surface area contributed by atoms with Gasteiger partial charge in [-0.25, -0.2) is 0 Å². The van der Waals surface area contributed by atoms with Crippen LogP contribution in [0, 0.1) is 0 Å². The van der Waals surface area contributed by atoms with Crippen LogP contribution in [0.1, 0.15) is 39.3 Å². The number of aromatic nitrogens is 1. The smallest absolute Gasteiger partial charge is 0.318 e. The van der Waals surface area contributed by atoms with Crippen LogP contribution in [-0.4, -0.2) is 16.6 Å². The first kappa shape index (κ1) is 12.6. The van der Waals surface area contributed by atoms with Crippen molar-refractivity contribution in [3.05, 3.63) is 28.5 Å². The van der Waals surface area contributed by atoms with Crippen LogP contribution >= 0.6 is 15.9 Å². The van der Waals surface area contributed by atoms with Crippen LogP contribution in [0.15, 0.2) is 22.8 Å². The normalized spacial score (nSPS) is 17.6. The average molecular weight is 298 g/mol. The molecule has 0 aromatic carbocycles. The molecule has 0 spiro atoms. The molecule has 4 heteroatoms. The summed E-state index contributed by atoms with van der Waals surface area (Å²) in [5, 5.41) is 0. The predicted molar refractivity (Wildman–Crippen MR) is 68.7 cm³/mol. The lowest BCUT2D eigenvalue weighted by Gasteiger charge is -2.23. The minimum atomic E-state index is -0.503. The Balaban J connectivity index is 2.23. The molecule has 1 fully saturated rings. The molecule has 1 aliphatic rings. The topological polar surface area (TPSA) is 39.2 Å². The standard InChI is InChI=1S/C13H16BrNO2/c1-12(2,3)17-11(16)13(5-6-13)10-8-9(14)4-7-15-10/h4,7-8H,5-6H2,1-3H3. The molecule has 1 heterocycles. The van der Waals surface area contributed by atoms with Gasteiger partial charge in [0, 0.05) is 10.7 Å². The third-order valence-corrected chi connectivity index (χ3v) is 3.25. The molecule has 1 aromatic heterocycles. The summed E-state index contributed by atoms with van der Waals surface area (Å²) < 4.78 is 6.41. The summed E-state index contributed by atoms with van der Waals surface area (Å²) in [6.45, 7) is 5.65. The van der Waals surface area contributed by atoms with Gasteiger partial charge in [-0.3, -0.25) is 9.78 Å². The lowest BCUT2D eigenvalue weighted by Crippen LogP contribution is -2.32. The fraction of sp³-hybridized carbons (Fsp3) is 0.538. The van der Waals surface area contributed by atoms with Crippen molar-refractivity contribution in [2.24, 2.45) is 0 Å². The number of ether oxygens (including phenoxy) is 1. The highest BCUT2D eigenvalue weighted by atomic mass is 79.9. The Hall–Kier alpha value is -0.900. The third-order valence-electron chi connectivity index (χ3n) is 2.75. The van der Waals surface area contributed by atoms with Crippen LogP contribution in [0.25, 0.3) is 0 Å². The zero-order valence-electron chi connectivity index (χ0n) is 10.3. The van der Waals surface area contributed by atoms with Gasteiger partial charge < -0.3 is 4.74 Å². The van der Waals surface area contributed by atoms with Gasteiger partial charge in [-0.2, -0.15) is 0 Å². The van der Waals surface area contributed by atoms with Crippen molar-refractivity contribution >= 4 is 21.9 Å². The van der Waals surface area contributed by atoms with Crippen LogP contribution in [0.3, 0.4) is 0 Å². The Kier molecular flexibility index (Phi) is 3.02. The van der Waals surface area contributed by atoms with Crippen molar-refractivity contribution in [1.82, 2.24) is 4.98 Å². The zero-order valence-corrected chi connectivity index (χ0v) is 11.9. The summed E-state index contributed by atoms with van der Waals surface area (Å²) in [7, 11) is 0. The minimum Gasteiger partial charge on any atom is -0.459 e. The van der Waals surface area contributed by atoms with Crippen molar-refractivity contribution in [1.29, 1.82) is 0 Å². The van der Waals surface area contributed by atoms with Crippen molar-refractivity contribution < 1.29 is 9.53 Å². The van der Waals surface area contributed by atoms with E-state index in [2.05, 4.69) is 20.9 Å². The molecule has 0 saturated heterocycles. The van der Waals surface area contributed by atoms with E-state index in [1.807, 2.05) is 32.9 Å². The van der Waals surface area contributed by atoms with Gasteiger partial charge in [0.05, 0.1) is 5.69 Å². The number of pyridine rings is 1. The van der Waals surface area contributed by atoms with E-state index in [4.69, 9.17) is 4.74 Å². The Morgan fingerprint density at radius 3 is 2.59 bits per heavy atom. The maximum absolute atomic E-state index is 12.2. The molecular weight excluding hydrogens is 282 g/mol. The fourth-order valence-electron chi connectivity index (χ4n) is 1.73. The number of hydrogen-bond acceptors (Lipinski definition) is 3. The summed E-state index contributed by atoms with van der Waals surface area (Å²) >= 11 is 3.40. The van der Waals surface area contributed by atoms with Gasteiger partial charge in [0.1, 0.15) is 11.0 Å². The first-order valence-electron chi connectivity index (χ1n) is 5.69. The first-order chi connectivity index (χ1) is 7.83. The second-order valence-electron chi connectivity index (χ2n) is 5.44. The third kappa shape index (κ3) is 2.68. The number of esters is 1. The van der Waals surface area contributed by atoms with Crippen molar-refractivity contribution in [3.8, 4) is 0 Å². The van der Waals surface area contributed by atoms with Gasteiger partial charge in [-0.05, 0) is 45.7 Å². The fourth-order valence-corrected chi connectivity index (χ4v) is 2.07. The molecule has 0 atom stereocenters. The van der Waals surface area contributed by atoms with E-state index in [1.54, 1.807) is 6.20 Å². The number of halogens is 1. The van der Waals surface area contributed by atoms with E-state index in [0.29, 0.717) is 0 Å². The molecule has 1 aliphatic carbocycles. The molecule has 1 aromatic rings. The van der Waals surface area contributed by atoms with Gasteiger partial charge in [-0.15, -0.1) is 0 Å². The second-order valence-corrected chi connectivity index (χ2v) is 6.36. The average Bonchev–Trinajstić information content (AvgIpc) is 2.95. The molecule has 92 valence electrons. The van der Waals surface area contributed by atoms with Gasteiger partial charge in [0.25, 0.3) is 0 Å². The number of nitrogens with zero attached hydrogens (tertiary/aromatic N) is 1. The summed E-state index contributed by atoms with van der Waals surface area (Å²) in [5.41, 5.74) is -0.142. The molecule has 0 unspecified atom stereocenters. The molecule has 0 bridgehead atoms. The minimum absolute atomic E-state index is 0.157. The molecule has 0 radical (unpaired) electrons. The molecule has 0 N–H and O–H groups in total. The molecule has 0 aliphatic heterocycles. The quantitative estimate of drug-likeness (QED) is 0.787. The Morgan fingerprint density at radius 1 is 1.47 bits per heavy atom. The first-order valence-corrected chi connectivity index (χ1v) is 6.48. The zero-order chi connectivity index (χ0) is 12.7. The SMILES string of the molecule is CC(C)(C)OC(=O)C1(c2cc(Br)ccn2)CC1. The number of hydrogen-bond donors (Lipinski definition) is 0. The maximum atomic E-state index is 12.2. The second kappa shape index (κ2) is 4.09. The number of rotatable bonds is 2. The molecule has 17 heavy (non-hydrogen) atoms. The van der Waals surface area contributed by atoms with E-state index in [9.17, 15) is 4.79 Å². The molecule has 2 rings (SSSR count). The van der Waals surface area contributed by atoms with E-state index in [0.717, 1.165) is 23.0 Å². The number of carbonyl (C=O) groups is 1. The molecule has 3 nitrogen and oxygen atoms in total. The van der Waals surface area contributed by atoms with Crippen LogP contribution in [0.2, 0.25) is 0 Å². The number of carbonyl (C=O) groups excluding carboxylic acids is 1. The van der Waals surface area contributed by atoms with Crippen LogP contribution < -0.4 is 0 Å². The van der Waals surface area contributed by atoms with Crippen LogP contribution in [-0.2, 0) is 14.9 Å². The Morgan fingerprint density at radius 2 is 2.12 bits per heavy atom. The Bertz CT molecular complexity index is 447. The van der Waals surface area contributed by atoms with Gasteiger partial charge in [0.15, 0.2) is 0 Å². The van der Waals surface area contributed by atoms with Gasteiger partial charge in [-0.1, -0.05) is 15.9 Å². The van der Waals surface area contributed by atoms with Crippen LogP contribution in [0.5, 0.6) is 0 Å². The summed E-state index contributed by atoms with van der Waals surface area (Å²) in [5.74, 6) is -0.157. The van der Waals surface area contributed by atoms with E-state index < -0.39 is 11.0 Å². The summed E-state index contributed by atoms with van der Waals surface area (Å²) in [6.07, 6.45) is 3.36. The molecule has 0 amide bonds. The van der Waals surface area contributed by atoms with Crippen LogP contribution in [0.4, 0.5) is 0 Å². The molecular formula is C13H16BrNO2. The van der Waals surface area contributed by atoms with Crippen molar-refractivity contribution in [2.75, 3.05) is 0 Å². The largest absolute Gasteiger partial charge is 0.459 e. The van der Waals surface area contributed by atoms with Gasteiger partial charge in [0.2, 0.25) is 0 Å². The van der Waals surface area contributed by atoms with Gasteiger partial charge >= 0.3 is 5.97 Å². The van der Waals surface area contributed by atoms with E-state index >= 15 is 0 Å². The van der Waals surface area contributed by atoms with E-state index in [1.165, 1.54) is 0 Å². The molecule has 1 saturated carbocycles. The predicted octanol–water partition coefficient (Wildman–Crippen LogP) is 3.22.